The monoisotopic (exact) mass is 307 g/mol. The summed E-state index contributed by atoms with van der Waals surface area (Å²) < 4.78 is 4.99. The molecule has 0 aliphatic carbocycles. The minimum Gasteiger partial charge on any atom is -0.383 e. The van der Waals surface area contributed by atoms with Crippen molar-refractivity contribution < 1.29 is 4.74 Å². The first kappa shape index (κ1) is 15.5. The van der Waals surface area contributed by atoms with E-state index in [0.717, 1.165) is 17.1 Å². The number of anilines is 1. The minimum absolute atomic E-state index is 0.192. The zero-order valence-corrected chi connectivity index (χ0v) is 12.4. The molecule has 0 spiro atoms. The number of methoxy groups -OCH3 is 1. The Kier molecular flexibility index (Phi) is 5.73. The van der Waals surface area contributed by atoms with Crippen molar-refractivity contribution in [2.75, 3.05) is 26.0 Å². The maximum atomic E-state index is 11.4. The summed E-state index contributed by atoms with van der Waals surface area (Å²) in [5.74, 6) is 0.192. The second kappa shape index (κ2) is 7.77. The van der Waals surface area contributed by atoms with Gasteiger partial charge < -0.3 is 20.8 Å². The topological polar surface area (TPSA) is 106 Å². The van der Waals surface area contributed by atoms with E-state index >= 15 is 0 Å². The summed E-state index contributed by atoms with van der Waals surface area (Å²) in [6.45, 7) is 2.06. The summed E-state index contributed by atoms with van der Waals surface area (Å²) >= 11 is 1.28. The molecule has 2 aromatic heterocycles. The molecule has 2 rings (SSSR count). The highest BCUT2D eigenvalue weighted by atomic mass is 32.2. The molecule has 21 heavy (non-hydrogen) atoms. The van der Waals surface area contributed by atoms with Gasteiger partial charge in [-0.2, -0.15) is 0 Å². The van der Waals surface area contributed by atoms with Crippen LogP contribution in [0.1, 0.15) is 5.56 Å². The zero-order chi connectivity index (χ0) is 15.1. The molecule has 4 N–H and O–H groups in total. The molecular formula is C13H17N5O2S. The second-order valence-corrected chi connectivity index (χ2v) is 5.19. The predicted molar refractivity (Wildman–Crippen MR) is 81.2 cm³/mol. The van der Waals surface area contributed by atoms with Crippen molar-refractivity contribution in [2.45, 2.75) is 16.7 Å². The average molecular weight is 307 g/mol. The van der Waals surface area contributed by atoms with Crippen LogP contribution in [0.3, 0.4) is 0 Å². The Hall–Kier alpha value is -1.90. The first-order chi connectivity index (χ1) is 10.2. The maximum Gasteiger partial charge on any atom is 0.253 e. The van der Waals surface area contributed by atoms with Gasteiger partial charge in [0.25, 0.3) is 5.56 Å². The molecule has 8 heteroatoms. The van der Waals surface area contributed by atoms with Crippen molar-refractivity contribution in [2.24, 2.45) is 0 Å². The van der Waals surface area contributed by atoms with Gasteiger partial charge in [0.2, 0.25) is 0 Å². The quantitative estimate of drug-likeness (QED) is 0.509. The van der Waals surface area contributed by atoms with E-state index in [0.29, 0.717) is 18.3 Å². The van der Waals surface area contributed by atoms with E-state index in [2.05, 4.69) is 20.3 Å². The Balaban J connectivity index is 2.10. The van der Waals surface area contributed by atoms with Crippen molar-refractivity contribution in [3.63, 3.8) is 0 Å². The number of nitrogen functional groups attached to an aromatic ring is 1. The molecule has 2 heterocycles. The largest absolute Gasteiger partial charge is 0.383 e. The number of nitrogens with zero attached hydrogens (tertiary/aromatic N) is 2. The molecule has 0 fully saturated rings. The number of hydrogen-bond donors (Lipinski definition) is 3. The molecule has 0 atom stereocenters. The zero-order valence-electron chi connectivity index (χ0n) is 11.6. The summed E-state index contributed by atoms with van der Waals surface area (Å²) in [5, 5.41) is 4.46. The molecule has 112 valence electrons. The van der Waals surface area contributed by atoms with Crippen LogP contribution in [0.4, 0.5) is 5.82 Å². The van der Waals surface area contributed by atoms with Crippen LogP contribution in [0.5, 0.6) is 0 Å². The lowest BCUT2D eigenvalue weighted by atomic mass is 10.3. The van der Waals surface area contributed by atoms with Gasteiger partial charge in [0.15, 0.2) is 5.16 Å². The van der Waals surface area contributed by atoms with Crippen LogP contribution in [0, 0.1) is 0 Å². The van der Waals surface area contributed by atoms with Crippen molar-refractivity contribution in [1.82, 2.24) is 20.3 Å². The molecule has 0 saturated heterocycles. The first-order valence-corrected chi connectivity index (χ1v) is 7.19. The molecule has 0 aliphatic heterocycles. The number of H-pyrrole nitrogens is 1. The Morgan fingerprint density at radius 3 is 3.14 bits per heavy atom. The van der Waals surface area contributed by atoms with Crippen LogP contribution in [-0.2, 0) is 11.3 Å². The van der Waals surface area contributed by atoms with Crippen LogP contribution in [0.25, 0.3) is 0 Å². The summed E-state index contributed by atoms with van der Waals surface area (Å²) in [4.78, 5) is 22.4. The average Bonchev–Trinajstić information content (AvgIpc) is 2.44. The van der Waals surface area contributed by atoms with E-state index in [-0.39, 0.29) is 11.4 Å². The fourth-order valence-corrected chi connectivity index (χ4v) is 2.51. The van der Waals surface area contributed by atoms with Crippen LogP contribution < -0.4 is 16.6 Å². The van der Waals surface area contributed by atoms with Gasteiger partial charge in [0.1, 0.15) is 10.8 Å². The fraction of sp³-hybridized carbons (Fsp3) is 0.308. The van der Waals surface area contributed by atoms with Gasteiger partial charge in [-0.05, 0) is 23.4 Å². The summed E-state index contributed by atoms with van der Waals surface area (Å²) in [5.41, 5.74) is 6.31. The summed E-state index contributed by atoms with van der Waals surface area (Å²) in [6, 6.07) is 5.09. The number of hydrogen-bond acceptors (Lipinski definition) is 7. The number of aromatic amines is 1. The lowest BCUT2D eigenvalue weighted by molar-refractivity contribution is 0.199. The highest BCUT2D eigenvalue weighted by Gasteiger charge is 2.08. The molecule has 0 aliphatic rings. The number of nitrogens with two attached hydrogens (primary N) is 1. The van der Waals surface area contributed by atoms with Crippen LogP contribution in [0.15, 0.2) is 39.4 Å². The normalized spacial score (nSPS) is 10.7. The number of ether oxygens (including phenoxy) is 1. The van der Waals surface area contributed by atoms with Gasteiger partial charge in [0, 0.05) is 32.5 Å². The number of aromatic nitrogens is 3. The van der Waals surface area contributed by atoms with Gasteiger partial charge in [-0.3, -0.25) is 4.79 Å². The van der Waals surface area contributed by atoms with Crippen molar-refractivity contribution in [1.29, 1.82) is 0 Å². The first-order valence-electron chi connectivity index (χ1n) is 6.37. The number of pyridine rings is 1. The lowest BCUT2D eigenvalue weighted by Crippen LogP contribution is -2.19. The minimum atomic E-state index is -0.277. The smallest absolute Gasteiger partial charge is 0.253 e. The van der Waals surface area contributed by atoms with Crippen LogP contribution in [-0.4, -0.2) is 35.2 Å². The molecule has 0 unspecified atom stereocenters. The Labute approximate surface area is 126 Å². The number of rotatable bonds is 7. The SMILES string of the molecule is COCCNCc1cccnc1Sc1nc(N)cc(=O)[nH]1. The molecule has 0 aromatic carbocycles. The third-order valence-electron chi connectivity index (χ3n) is 2.58. The van der Waals surface area contributed by atoms with E-state index in [1.54, 1.807) is 13.3 Å². The lowest BCUT2D eigenvalue weighted by Gasteiger charge is -2.08. The maximum absolute atomic E-state index is 11.4. The number of nitrogens with one attached hydrogen (secondary N) is 2. The molecule has 0 bridgehead atoms. The Morgan fingerprint density at radius 1 is 1.52 bits per heavy atom. The highest BCUT2D eigenvalue weighted by Crippen LogP contribution is 2.25. The molecule has 0 radical (unpaired) electrons. The van der Waals surface area contributed by atoms with Crippen LogP contribution >= 0.6 is 11.8 Å². The summed E-state index contributed by atoms with van der Waals surface area (Å²) in [7, 11) is 1.66. The van der Waals surface area contributed by atoms with Gasteiger partial charge in [-0.25, -0.2) is 9.97 Å². The molecule has 2 aromatic rings. The highest BCUT2D eigenvalue weighted by molar-refractivity contribution is 7.99. The third-order valence-corrected chi connectivity index (χ3v) is 3.53. The molecule has 7 nitrogen and oxygen atoms in total. The standard InChI is InChI=1S/C13H17N5O2S/c1-20-6-5-15-8-9-3-2-4-16-12(9)21-13-17-10(14)7-11(19)18-13/h2-4,7,15H,5-6,8H2,1H3,(H3,14,17,18,19). The van der Waals surface area contributed by atoms with Gasteiger partial charge in [-0.15, -0.1) is 0 Å². The molecule has 0 amide bonds. The predicted octanol–water partition coefficient (Wildman–Crippen LogP) is 0.634. The van der Waals surface area contributed by atoms with Crippen molar-refractivity contribution in [3.8, 4) is 0 Å². The van der Waals surface area contributed by atoms with Crippen LogP contribution in [0.2, 0.25) is 0 Å². The van der Waals surface area contributed by atoms with E-state index in [4.69, 9.17) is 10.5 Å². The Bertz CT molecular complexity index is 646. The van der Waals surface area contributed by atoms with Gasteiger partial charge >= 0.3 is 0 Å². The van der Waals surface area contributed by atoms with E-state index in [1.165, 1.54) is 17.8 Å². The van der Waals surface area contributed by atoms with Gasteiger partial charge in [0.05, 0.1) is 6.61 Å². The second-order valence-electron chi connectivity index (χ2n) is 4.21. The molecular weight excluding hydrogens is 290 g/mol. The Morgan fingerprint density at radius 2 is 2.38 bits per heavy atom. The van der Waals surface area contributed by atoms with Gasteiger partial charge in [-0.1, -0.05) is 6.07 Å². The van der Waals surface area contributed by atoms with E-state index < -0.39 is 0 Å². The summed E-state index contributed by atoms with van der Waals surface area (Å²) in [6.07, 6.45) is 1.70. The molecule has 0 saturated carbocycles. The van der Waals surface area contributed by atoms with E-state index in [9.17, 15) is 4.79 Å². The fourth-order valence-electron chi connectivity index (χ4n) is 1.64. The third kappa shape index (κ3) is 4.85. The van der Waals surface area contributed by atoms with Crippen molar-refractivity contribution in [3.05, 3.63) is 40.3 Å². The van der Waals surface area contributed by atoms with Crippen molar-refractivity contribution >= 4 is 17.6 Å². The van der Waals surface area contributed by atoms with E-state index in [1.807, 2.05) is 12.1 Å².